The van der Waals surface area contributed by atoms with Crippen LogP contribution in [-0.4, -0.2) is 43.4 Å². The van der Waals surface area contributed by atoms with Crippen LogP contribution in [0.1, 0.15) is 54.2 Å². The van der Waals surface area contributed by atoms with E-state index >= 15 is 0 Å². The van der Waals surface area contributed by atoms with Crippen LogP contribution in [0.15, 0.2) is 18.6 Å². The van der Waals surface area contributed by atoms with E-state index in [0.717, 1.165) is 18.4 Å². The van der Waals surface area contributed by atoms with Crippen molar-refractivity contribution in [1.29, 1.82) is 0 Å². The maximum atomic E-state index is 12.0. The van der Waals surface area contributed by atoms with Gasteiger partial charge in [-0.25, -0.2) is 4.98 Å². The summed E-state index contributed by atoms with van der Waals surface area (Å²) in [5.74, 6) is -2.14. The van der Waals surface area contributed by atoms with Crippen LogP contribution >= 0.6 is 0 Å². The quantitative estimate of drug-likeness (QED) is 0.755. The largest absolute Gasteiger partial charge is 0.505 e. The van der Waals surface area contributed by atoms with Crippen LogP contribution in [0.25, 0.3) is 11.1 Å². The summed E-state index contributed by atoms with van der Waals surface area (Å²) in [4.78, 5) is 26.5. The van der Waals surface area contributed by atoms with E-state index in [1.165, 1.54) is 25.5 Å². The van der Waals surface area contributed by atoms with Crippen molar-refractivity contribution < 1.29 is 19.8 Å². The summed E-state index contributed by atoms with van der Waals surface area (Å²) in [6.07, 6.45) is 11.1. The van der Waals surface area contributed by atoms with Crippen LogP contribution < -0.4 is 5.32 Å². The zero-order chi connectivity index (χ0) is 18.7. The standard InChI is InChI=1S/C18H22N4O4/c1-11-14(8-19-16(17(11)25)18(26)20-9-15(23)24)12-7-21-22(10-12)13-5-3-2-4-6-13/h7-8,10,13,25H,2-6,9H2,1H3,(H,20,26)(H,23,24). The molecule has 1 aliphatic carbocycles. The maximum Gasteiger partial charge on any atom is 0.322 e. The zero-order valence-corrected chi connectivity index (χ0v) is 14.6. The second kappa shape index (κ2) is 7.55. The molecule has 1 aliphatic rings. The normalized spacial score (nSPS) is 15.0. The van der Waals surface area contributed by atoms with Crippen molar-refractivity contribution >= 4 is 11.9 Å². The van der Waals surface area contributed by atoms with Crippen molar-refractivity contribution in [2.75, 3.05) is 6.54 Å². The molecule has 2 heterocycles. The molecule has 26 heavy (non-hydrogen) atoms. The van der Waals surface area contributed by atoms with Gasteiger partial charge in [-0.3, -0.25) is 14.3 Å². The van der Waals surface area contributed by atoms with Crippen molar-refractivity contribution in [3.63, 3.8) is 0 Å². The van der Waals surface area contributed by atoms with Gasteiger partial charge in [-0.1, -0.05) is 19.3 Å². The van der Waals surface area contributed by atoms with Gasteiger partial charge < -0.3 is 15.5 Å². The minimum atomic E-state index is -1.17. The van der Waals surface area contributed by atoms with Crippen LogP contribution in [0.2, 0.25) is 0 Å². The van der Waals surface area contributed by atoms with Gasteiger partial charge in [0, 0.05) is 29.1 Å². The van der Waals surface area contributed by atoms with E-state index in [1.54, 1.807) is 13.1 Å². The molecule has 8 nitrogen and oxygen atoms in total. The summed E-state index contributed by atoms with van der Waals surface area (Å²) in [5.41, 5.74) is 1.84. The van der Waals surface area contributed by atoms with Gasteiger partial charge in [0.1, 0.15) is 12.3 Å². The molecule has 8 heteroatoms. The number of hydrogen-bond donors (Lipinski definition) is 3. The summed E-state index contributed by atoms with van der Waals surface area (Å²) >= 11 is 0. The Bertz CT molecular complexity index is 825. The third-order valence-corrected chi connectivity index (χ3v) is 4.78. The lowest BCUT2D eigenvalue weighted by Gasteiger charge is -2.21. The topological polar surface area (TPSA) is 117 Å². The van der Waals surface area contributed by atoms with Crippen LogP contribution in [0, 0.1) is 6.92 Å². The number of aliphatic carboxylic acids is 1. The summed E-state index contributed by atoms with van der Waals surface area (Å²) in [7, 11) is 0. The Hall–Kier alpha value is -2.90. The van der Waals surface area contributed by atoms with Crippen molar-refractivity contribution in [3.05, 3.63) is 29.8 Å². The predicted molar refractivity (Wildman–Crippen MR) is 94.0 cm³/mol. The number of nitrogens with one attached hydrogen (secondary N) is 1. The van der Waals surface area contributed by atoms with E-state index in [-0.39, 0.29) is 11.4 Å². The number of hydrogen-bond acceptors (Lipinski definition) is 5. The first kappa shape index (κ1) is 17.9. The average molecular weight is 358 g/mol. The molecule has 0 bridgehead atoms. The lowest BCUT2D eigenvalue weighted by atomic mass is 9.96. The van der Waals surface area contributed by atoms with E-state index in [4.69, 9.17) is 5.11 Å². The summed E-state index contributed by atoms with van der Waals surface area (Å²) in [6, 6.07) is 0.403. The molecule has 0 atom stereocenters. The SMILES string of the molecule is Cc1c(-c2cnn(C3CCCCC3)c2)cnc(C(=O)NCC(=O)O)c1O. The highest BCUT2D eigenvalue weighted by Gasteiger charge is 2.20. The Morgan fingerprint density at radius 3 is 2.69 bits per heavy atom. The molecule has 2 aromatic heterocycles. The first-order valence-corrected chi connectivity index (χ1v) is 8.70. The van der Waals surface area contributed by atoms with Crippen LogP contribution in [0.4, 0.5) is 0 Å². The fraction of sp³-hybridized carbons (Fsp3) is 0.444. The lowest BCUT2D eigenvalue weighted by molar-refractivity contribution is -0.135. The molecule has 0 saturated heterocycles. The van der Waals surface area contributed by atoms with Gasteiger partial charge in [-0.05, 0) is 19.8 Å². The maximum absolute atomic E-state index is 12.0. The smallest absolute Gasteiger partial charge is 0.322 e. The molecule has 2 aromatic rings. The molecular weight excluding hydrogens is 336 g/mol. The molecule has 0 radical (unpaired) electrons. The van der Waals surface area contributed by atoms with Crippen LogP contribution in [-0.2, 0) is 4.79 Å². The third-order valence-electron chi connectivity index (χ3n) is 4.78. The van der Waals surface area contributed by atoms with Gasteiger partial charge in [-0.2, -0.15) is 5.10 Å². The molecule has 1 fully saturated rings. The van der Waals surface area contributed by atoms with Crippen LogP contribution in [0.5, 0.6) is 5.75 Å². The minimum Gasteiger partial charge on any atom is -0.505 e. The van der Waals surface area contributed by atoms with Crippen molar-refractivity contribution in [3.8, 4) is 16.9 Å². The molecule has 0 aromatic carbocycles. The average Bonchev–Trinajstić information content (AvgIpc) is 3.12. The number of carboxylic acids is 1. The molecule has 0 spiro atoms. The second-order valence-corrected chi connectivity index (χ2v) is 6.57. The minimum absolute atomic E-state index is 0.188. The number of aromatic hydroxyl groups is 1. The Balaban J connectivity index is 1.83. The first-order valence-electron chi connectivity index (χ1n) is 8.70. The number of carboxylic acid groups (broad SMARTS) is 1. The van der Waals surface area contributed by atoms with Crippen molar-refractivity contribution in [2.45, 2.75) is 45.1 Å². The lowest BCUT2D eigenvalue weighted by Crippen LogP contribution is -2.30. The van der Waals surface area contributed by atoms with Gasteiger partial charge in [0.05, 0.1) is 12.2 Å². The molecular formula is C18H22N4O4. The molecule has 1 saturated carbocycles. The zero-order valence-electron chi connectivity index (χ0n) is 14.6. The summed E-state index contributed by atoms with van der Waals surface area (Å²) < 4.78 is 1.97. The van der Waals surface area contributed by atoms with E-state index in [2.05, 4.69) is 15.4 Å². The van der Waals surface area contributed by atoms with Gasteiger partial charge in [-0.15, -0.1) is 0 Å². The fourth-order valence-corrected chi connectivity index (χ4v) is 3.31. The number of rotatable bonds is 5. The Labute approximate surface area is 150 Å². The van der Waals surface area contributed by atoms with E-state index in [9.17, 15) is 14.7 Å². The van der Waals surface area contributed by atoms with Gasteiger partial charge in [0.2, 0.25) is 0 Å². The Morgan fingerprint density at radius 1 is 1.27 bits per heavy atom. The highest BCUT2D eigenvalue weighted by atomic mass is 16.4. The second-order valence-electron chi connectivity index (χ2n) is 6.57. The van der Waals surface area contributed by atoms with Crippen LogP contribution in [0.3, 0.4) is 0 Å². The third kappa shape index (κ3) is 3.68. The summed E-state index contributed by atoms with van der Waals surface area (Å²) in [6.45, 7) is 1.16. The number of nitrogens with zero attached hydrogens (tertiary/aromatic N) is 3. The molecule has 138 valence electrons. The van der Waals surface area contributed by atoms with Crippen molar-refractivity contribution in [2.24, 2.45) is 0 Å². The molecule has 1 amide bonds. The Kier molecular flexibility index (Phi) is 5.20. The first-order chi connectivity index (χ1) is 12.5. The number of amides is 1. The molecule has 3 N–H and O–H groups in total. The number of pyridine rings is 1. The number of carbonyl (C=O) groups excluding carboxylic acids is 1. The van der Waals surface area contributed by atoms with E-state index in [0.29, 0.717) is 17.2 Å². The Morgan fingerprint density at radius 2 is 2.00 bits per heavy atom. The van der Waals surface area contributed by atoms with E-state index in [1.807, 2.05) is 10.9 Å². The van der Waals surface area contributed by atoms with Gasteiger partial charge in [0.25, 0.3) is 5.91 Å². The van der Waals surface area contributed by atoms with Gasteiger partial charge in [0.15, 0.2) is 5.69 Å². The highest BCUT2D eigenvalue weighted by molar-refractivity contribution is 5.97. The highest BCUT2D eigenvalue weighted by Crippen LogP contribution is 2.33. The molecule has 0 aliphatic heterocycles. The monoisotopic (exact) mass is 358 g/mol. The predicted octanol–water partition coefficient (Wildman–Crippen LogP) is 2.28. The summed E-state index contributed by atoms with van der Waals surface area (Å²) in [5, 5.41) is 25.6. The fourth-order valence-electron chi connectivity index (χ4n) is 3.31. The molecule has 0 unspecified atom stereocenters. The number of aromatic nitrogens is 3. The molecule has 3 rings (SSSR count). The van der Waals surface area contributed by atoms with Crippen molar-refractivity contribution in [1.82, 2.24) is 20.1 Å². The van der Waals surface area contributed by atoms with E-state index < -0.39 is 18.4 Å². The number of carbonyl (C=O) groups is 2. The van der Waals surface area contributed by atoms with Gasteiger partial charge >= 0.3 is 5.97 Å².